The van der Waals surface area contributed by atoms with Crippen LogP contribution in [-0.4, -0.2) is 33.8 Å². The highest BCUT2D eigenvalue weighted by Gasteiger charge is 2.30. The zero-order valence-electron chi connectivity index (χ0n) is 19.8. The van der Waals surface area contributed by atoms with E-state index < -0.39 is 0 Å². The Morgan fingerprint density at radius 1 is 0.829 bits per heavy atom. The fourth-order valence-corrected chi connectivity index (χ4v) is 4.67. The molecule has 35 heavy (non-hydrogen) atoms. The van der Waals surface area contributed by atoms with Crippen LogP contribution in [0.3, 0.4) is 0 Å². The van der Waals surface area contributed by atoms with E-state index in [0.717, 1.165) is 45.1 Å². The summed E-state index contributed by atoms with van der Waals surface area (Å²) in [7, 11) is 3.28. The number of aromatic nitrogens is 4. The Balaban J connectivity index is 1.56. The van der Waals surface area contributed by atoms with Crippen LogP contribution < -0.4 is 14.8 Å². The number of fused-ring (bicyclic) bond motifs is 3. The first-order chi connectivity index (χ1) is 17.2. The number of rotatable bonds is 5. The van der Waals surface area contributed by atoms with Gasteiger partial charge in [0.05, 0.1) is 31.3 Å². The van der Waals surface area contributed by atoms with Gasteiger partial charge in [0.1, 0.15) is 5.69 Å². The molecular formula is C28H25N5O2. The molecule has 1 aliphatic heterocycles. The van der Waals surface area contributed by atoms with Gasteiger partial charge >= 0.3 is 0 Å². The smallest absolute Gasteiger partial charge is 0.161 e. The number of nitrogens with zero attached hydrogens (tertiary/aromatic N) is 4. The van der Waals surface area contributed by atoms with Gasteiger partial charge in [-0.05, 0) is 49.4 Å². The van der Waals surface area contributed by atoms with Crippen molar-refractivity contribution < 1.29 is 9.47 Å². The number of anilines is 1. The fraction of sp³-hybridized carbons (Fsp3) is 0.143. The van der Waals surface area contributed by atoms with Crippen LogP contribution in [-0.2, 0) is 0 Å². The zero-order chi connectivity index (χ0) is 23.9. The molecular weight excluding hydrogens is 438 g/mol. The number of hydrogen-bond donors (Lipinski definition) is 1. The number of nitrogens with one attached hydrogen (secondary N) is 1. The van der Waals surface area contributed by atoms with Gasteiger partial charge in [-0.2, -0.15) is 10.2 Å². The summed E-state index contributed by atoms with van der Waals surface area (Å²) in [5, 5.41) is 13.6. The Bertz CT molecular complexity index is 1520. The van der Waals surface area contributed by atoms with E-state index in [9.17, 15) is 0 Å². The maximum absolute atomic E-state index is 5.59. The molecule has 0 unspecified atom stereocenters. The van der Waals surface area contributed by atoms with Crippen LogP contribution >= 0.6 is 0 Å². The molecule has 3 heterocycles. The monoisotopic (exact) mass is 463 g/mol. The van der Waals surface area contributed by atoms with E-state index in [4.69, 9.17) is 19.7 Å². The van der Waals surface area contributed by atoms with Crippen molar-refractivity contribution in [3.05, 3.63) is 96.3 Å². The highest BCUT2D eigenvalue weighted by atomic mass is 16.5. The van der Waals surface area contributed by atoms with Gasteiger partial charge in [0.15, 0.2) is 17.7 Å². The van der Waals surface area contributed by atoms with E-state index in [2.05, 4.69) is 35.8 Å². The molecule has 7 heteroatoms. The van der Waals surface area contributed by atoms with Gasteiger partial charge < -0.3 is 14.8 Å². The number of aryl methyl sites for hydroxylation is 1. The summed E-state index contributed by atoms with van der Waals surface area (Å²) < 4.78 is 15.0. The lowest BCUT2D eigenvalue weighted by molar-refractivity contribution is 0.355. The van der Waals surface area contributed by atoms with Gasteiger partial charge in [-0.15, -0.1) is 0 Å². The molecule has 0 aliphatic carbocycles. The van der Waals surface area contributed by atoms with E-state index in [1.54, 1.807) is 14.2 Å². The summed E-state index contributed by atoms with van der Waals surface area (Å²) in [6.45, 7) is 2.02. The van der Waals surface area contributed by atoms with E-state index in [0.29, 0.717) is 11.5 Å². The fourth-order valence-electron chi connectivity index (χ4n) is 4.67. The van der Waals surface area contributed by atoms with Gasteiger partial charge in [0.2, 0.25) is 0 Å². The topological polar surface area (TPSA) is 66.1 Å². The van der Waals surface area contributed by atoms with Gasteiger partial charge in [0.25, 0.3) is 0 Å². The Labute approximate surface area is 203 Å². The lowest BCUT2D eigenvalue weighted by Gasteiger charge is -2.29. The third-order valence-electron chi connectivity index (χ3n) is 6.31. The first kappa shape index (κ1) is 21.0. The maximum Gasteiger partial charge on any atom is 0.161 e. The molecule has 1 aliphatic rings. The van der Waals surface area contributed by atoms with Crippen LogP contribution in [0, 0.1) is 6.92 Å². The molecule has 0 saturated carbocycles. The van der Waals surface area contributed by atoms with E-state index in [1.807, 2.05) is 70.9 Å². The predicted molar refractivity (Wildman–Crippen MR) is 136 cm³/mol. The van der Waals surface area contributed by atoms with Gasteiger partial charge in [-0.1, -0.05) is 36.4 Å². The first-order valence-electron chi connectivity index (χ1n) is 11.5. The van der Waals surface area contributed by atoms with Crippen LogP contribution in [0.15, 0.2) is 85.1 Å². The van der Waals surface area contributed by atoms with Crippen molar-refractivity contribution >= 4 is 5.69 Å². The Morgan fingerprint density at radius 2 is 1.60 bits per heavy atom. The Hall–Kier alpha value is -4.52. The predicted octanol–water partition coefficient (Wildman–Crippen LogP) is 5.70. The second kappa shape index (κ2) is 8.36. The molecule has 0 bridgehead atoms. The molecule has 0 radical (unpaired) electrons. The molecule has 0 fully saturated rings. The first-order valence-corrected chi connectivity index (χ1v) is 11.5. The molecule has 5 aromatic rings. The van der Waals surface area contributed by atoms with E-state index in [-0.39, 0.29) is 6.17 Å². The highest BCUT2D eigenvalue weighted by molar-refractivity contribution is 5.79. The number of hydrogen-bond acceptors (Lipinski definition) is 5. The third-order valence-corrected chi connectivity index (χ3v) is 6.31. The normalized spacial score (nSPS) is 14.1. The van der Waals surface area contributed by atoms with Crippen molar-refractivity contribution in [2.75, 3.05) is 19.5 Å². The van der Waals surface area contributed by atoms with Crippen molar-refractivity contribution in [3.8, 4) is 39.7 Å². The molecule has 0 amide bonds. The van der Waals surface area contributed by atoms with Crippen molar-refractivity contribution in [3.63, 3.8) is 0 Å². The zero-order valence-corrected chi connectivity index (χ0v) is 19.8. The van der Waals surface area contributed by atoms with Crippen molar-refractivity contribution in [2.24, 2.45) is 0 Å². The minimum atomic E-state index is -0.242. The van der Waals surface area contributed by atoms with Crippen LogP contribution in [0.1, 0.15) is 17.4 Å². The van der Waals surface area contributed by atoms with Crippen LogP contribution in [0.2, 0.25) is 0 Å². The third kappa shape index (κ3) is 3.52. The molecule has 1 N–H and O–H groups in total. The standard InChI is InChI=1S/C28H25N5O2/c1-18-15-24-21-11-7-8-12-23(21)29-28(33(24)30-18)22-17-32(20-9-5-4-6-10-20)31-27(22)19-13-14-25(34-2)26(16-19)35-3/h4-17,28-29H,1-3H3/t28-/m0/s1. The average molecular weight is 464 g/mol. The second-order valence-electron chi connectivity index (χ2n) is 8.49. The summed E-state index contributed by atoms with van der Waals surface area (Å²) in [4.78, 5) is 0. The van der Waals surface area contributed by atoms with E-state index >= 15 is 0 Å². The molecule has 174 valence electrons. The maximum atomic E-state index is 5.59. The van der Waals surface area contributed by atoms with Crippen molar-refractivity contribution in [1.29, 1.82) is 0 Å². The number of benzene rings is 3. The molecule has 7 nitrogen and oxygen atoms in total. The highest BCUT2D eigenvalue weighted by Crippen LogP contribution is 2.42. The SMILES string of the molecule is COc1ccc(-c2nn(-c3ccccc3)cc2[C@H]2Nc3ccccc3-c3cc(C)nn32)cc1OC. The summed E-state index contributed by atoms with van der Waals surface area (Å²) in [6.07, 6.45) is 1.84. The molecule has 0 spiro atoms. The summed E-state index contributed by atoms with van der Waals surface area (Å²) in [5.41, 5.74) is 7.99. The largest absolute Gasteiger partial charge is 0.493 e. The van der Waals surface area contributed by atoms with Crippen molar-refractivity contribution in [2.45, 2.75) is 13.1 Å². The lowest BCUT2D eigenvalue weighted by atomic mass is 10.0. The van der Waals surface area contributed by atoms with Crippen LogP contribution in [0.4, 0.5) is 5.69 Å². The Kier molecular flexibility index (Phi) is 5.03. The summed E-state index contributed by atoms with van der Waals surface area (Å²) >= 11 is 0. The summed E-state index contributed by atoms with van der Waals surface area (Å²) in [6, 6.07) is 26.4. The molecule has 6 rings (SSSR count). The van der Waals surface area contributed by atoms with Crippen LogP contribution in [0.25, 0.3) is 28.2 Å². The minimum absolute atomic E-state index is 0.242. The van der Waals surface area contributed by atoms with Gasteiger partial charge in [0, 0.05) is 28.6 Å². The van der Waals surface area contributed by atoms with Crippen molar-refractivity contribution in [1.82, 2.24) is 19.6 Å². The molecule has 2 aromatic heterocycles. The number of methoxy groups -OCH3 is 2. The van der Waals surface area contributed by atoms with Crippen LogP contribution in [0.5, 0.6) is 11.5 Å². The average Bonchev–Trinajstić information content (AvgIpc) is 3.52. The van der Waals surface area contributed by atoms with Gasteiger partial charge in [-0.3, -0.25) is 0 Å². The summed E-state index contributed by atoms with van der Waals surface area (Å²) in [5.74, 6) is 1.33. The Morgan fingerprint density at radius 3 is 2.40 bits per heavy atom. The second-order valence-corrected chi connectivity index (χ2v) is 8.49. The van der Waals surface area contributed by atoms with E-state index in [1.165, 1.54) is 0 Å². The number of para-hydroxylation sites is 2. The molecule has 0 saturated heterocycles. The lowest BCUT2D eigenvalue weighted by Crippen LogP contribution is -2.25. The number of ether oxygens (including phenoxy) is 2. The molecule has 3 aromatic carbocycles. The molecule has 1 atom stereocenters. The van der Waals surface area contributed by atoms with Gasteiger partial charge in [-0.25, -0.2) is 9.36 Å². The quantitative estimate of drug-likeness (QED) is 0.362. The minimum Gasteiger partial charge on any atom is -0.493 e.